The molecule has 2 heterocycles. The normalized spacial score (nSPS) is 19.5. The van der Waals surface area contributed by atoms with Gasteiger partial charge in [0.25, 0.3) is 5.56 Å². The van der Waals surface area contributed by atoms with Crippen molar-refractivity contribution >= 4 is 22.5 Å². The quantitative estimate of drug-likeness (QED) is 0.839. The molecule has 3 rings (SSSR count). The molecule has 18 heavy (non-hydrogen) atoms. The van der Waals surface area contributed by atoms with Gasteiger partial charge in [-0.05, 0) is 49.2 Å². The Morgan fingerprint density at radius 3 is 3.06 bits per heavy atom. The molecule has 4 nitrogen and oxygen atoms in total. The molecule has 1 unspecified atom stereocenters. The summed E-state index contributed by atoms with van der Waals surface area (Å²) in [6.07, 6.45) is 1.08. The first-order chi connectivity index (χ1) is 8.75. The topological polar surface area (TPSA) is 46.9 Å². The van der Waals surface area contributed by atoms with Crippen LogP contribution in [0.15, 0.2) is 29.1 Å². The van der Waals surface area contributed by atoms with Crippen molar-refractivity contribution in [3.63, 3.8) is 0 Å². The van der Waals surface area contributed by atoms with E-state index in [2.05, 4.69) is 10.3 Å². The lowest BCUT2D eigenvalue weighted by atomic mass is 10.1. The molecule has 0 saturated carbocycles. The summed E-state index contributed by atoms with van der Waals surface area (Å²) in [5.41, 5.74) is 0.616. The lowest BCUT2D eigenvalue weighted by molar-refractivity contribution is 0.470. The average molecular weight is 264 g/mol. The zero-order chi connectivity index (χ0) is 12.5. The summed E-state index contributed by atoms with van der Waals surface area (Å²) in [7, 11) is 0. The minimum Gasteiger partial charge on any atom is -0.316 e. The van der Waals surface area contributed by atoms with E-state index in [0.717, 1.165) is 19.5 Å². The summed E-state index contributed by atoms with van der Waals surface area (Å²) in [5, 5.41) is 4.21. The maximum absolute atomic E-state index is 12.4. The standard InChI is InChI=1S/C13H14ClN3O/c14-13-16-11-4-2-1-3-10(11)12(18)17(13)8-9-5-6-15-7-9/h1-4,9,15H,5-8H2. The number of nitrogens with one attached hydrogen (secondary N) is 1. The molecule has 1 fully saturated rings. The van der Waals surface area contributed by atoms with Crippen molar-refractivity contribution in [2.45, 2.75) is 13.0 Å². The number of aromatic nitrogens is 2. The van der Waals surface area contributed by atoms with E-state index in [1.807, 2.05) is 18.2 Å². The molecule has 0 spiro atoms. The number of hydrogen-bond donors (Lipinski definition) is 1. The van der Waals surface area contributed by atoms with E-state index >= 15 is 0 Å². The zero-order valence-electron chi connectivity index (χ0n) is 9.90. The Bertz CT molecular complexity index is 632. The zero-order valence-corrected chi connectivity index (χ0v) is 10.7. The molecule has 0 radical (unpaired) electrons. The molecule has 1 aromatic carbocycles. The number of fused-ring (bicyclic) bond motifs is 1. The molecule has 2 aromatic rings. The summed E-state index contributed by atoms with van der Waals surface area (Å²) in [5.74, 6) is 0.461. The highest BCUT2D eigenvalue weighted by Crippen LogP contribution is 2.15. The predicted molar refractivity (Wildman–Crippen MR) is 72.0 cm³/mol. The van der Waals surface area contributed by atoms with Crippen molar-refractivity contribution in [3.8, 4) is 0 Å². The van der Waals surface area contributed by atoms with Crippen LogP contribution in [-0.4, -0.2) is 22.6 Å². The summed E-state index contributed by atoms with van der Waals surface area (Å²) in [6.45, 7) is 2.59. The SMILES string of the molecule is O=c1c2ccccc2nc(Cl)n1CC1CCNC1. The molecule has 94 valence electrons. The van der Waals surface area contributed by atoms with Crippen molar-refractivity contribution in [2.24, 2.45) is 5.92 Å². The van der Waals surface area contributed by atoms with Gasteiger partial charge < -0.3 is 5.32 Å². The number of para-hydroxylation sites is 1. The Morgan fingerprint density at radius 1 is 1.44 bits per heavy atom. The lowest BCUT2D eigenvalue weighted by Crippen LogP contribution is -2.26. The van der Waals surface area contributed by atoms with Gasteiger partial charge in [-0.25, -0.2) is 4.98 Å². The molecule has 1 aliphatic heterocycles. The molecule has 1 atom stereocenters. The van der Waals surface area contributed by atoms with E-state index in [1.54, 1.807) is 10.6 Å². The van der Waals surface area contributed by atoms with Crippen LogP contribution in [0.1, 0.15) is 6.42 Å². The van der Waals surface area contributed by atoms with Gasteiger partial charge in [0.05, 0.1) is 10.9 Å². The van der Waals surface area contributed by atoms with E-state index in [-0.39, 0.29) is 10.8 Å². The van der Waals surface area contributed by atoms with E-state index in [4.69, 9.17) is 11.6 Å². The first-order valence-electron chi connectivity index (χ1n) is 6.11. The van der Waals surface area contributed by atoms with Crippen LogP contribution in [0.25, 0.3) is 10.9 Å². The second kappa shape index (κ2) is 4.71. The van der Waals surface area contributed by atoms with E-state index in [9.17, 15) is 4.79 Å². The Kier molecular flexibility index (Phi) is 3.06. The second-order valence-electron chi connectivity index (χ2n) is 4.67. The van der Waals surface area contributed by atoms with Crippen molar-refractivity contribution < 1.29 is 0 Å². The predicted octanol–water partition coefficient (Wildman–Crippen LogP) is 1.66. The number of hydrogen-bond acceptors (Lipinski definition) is 3. The van der Waals surface area contributed by atoms with Gasteiger partial charge >= 0.3 is 0 Å². The second-order valence-corrected chi connectivity index (χ2v) is 5.01. The number of halogens is 1. The highest BCUT2D eigenvalue weighted by molar-refractivity contribution is 6.28. The van der Waals surface area contributed by atoms with Gasteiger partial charge in [-0.2, -0.15) is 0 Å². The maximum atomic E-state index is 12.4. The first-order valence-corrected chi connectivity index (χ1v) is 6.49. The molecule has 1 N–H and O–H groups in total. The molecular weight excluding hydrogens is 250 g/mol. The summed E-state index contributed by atoms with van der Waals surface area (Å²) < 4.78 is 1.58. The van der Waals surface area contributed by atoms with Crippen molar-refractivity contribution in [1.82, 2.24) is 14.9 Å². The summed E-state index contributed by atoms with van der Waals surface area (Å²) in [4.78, 5) is 16.6. The van der Waals surface area contributed by atoms with Gasteiger partial charge in [0.2, 0.25) is 5.28 Å². The molecular formula is C13H14ClN3O. The highest BCUT2D eigenvalue weighted by atomic mass is 35.5. The van der Waals surface area contributed by atoms with Crippen LogP contribution in [0.4, 0.5) is 0 Å². The van der Waals surface area contributed by atoms with Crippen LogP contribution in [0.2, 0.25) is 5.28 Å². The molecule has 1 aliphatic rings. The Labute approximate surface area is 110 Å². The maximum Gasteiger partial charge on any atom is 0.262 e. The molecule has 0 amide bonds. The van der Waals surface area contributed by atoms with Gasteiger partial charge in [0.15, 0.2) is 0 Å². The fourth-order valence-electron chi connectivity index (χ4n) is 2.43. The van der Waals surface area contributed by atoms with Crippen LogP contribution in [0, 0.1) is 5.92 Å². The molecule has 0 aliphatic carbocycles. The largest absolute Gasteiger partial charge is 0.316 e. The van der Waals surface area contributed by atoms with Gasteiger partial charge in [0, 0.05) is 6.54 Å². The van der Waals surface area contributed by atoms with Gasteiger partial charge in [-0.1, -0.05) is 12.1 Å². The summed E-state index contributed by atoms with van der Waals surface area (Å²) in [6, 6.07) is 7.31. The average Bonchev–Trinajstić information content (AvgIpc) is 2.87. The van der Waals surface area contributed by atoms with Crippen LogP contribution >= 0.6 is 11.6 Å². The number of nitrogens with zero attached hydrogens (tertiary/aromatic N) is 2. The molecule has 0 bridgehead atoms. The minimum atomic E-state index is -0.0440. The molecule has 5 heteroatoms. The number of benzene rings is 1. The van der Waals surface area contributed by atoms with Crippen LogP contribution in [0.5, 0.6) is 0 Å². The van der Waals surface area contributed by atoms with Crippen molar-refractivity contribution in [3.05, 3.63) is 39.9 Å². The van der Waals surface area contributed by atoms with E-state index in [1.165, 1.54) is 0 Å². The fourth-order valence-corrected chi connectivity index (χ4v) is 2.66. The monoisotopic (exact) mass is 263 g/mol. The van der Waals surface area contributed by atoms with Crippen LogP contribution in [-0.2, 0) is 6.54 Å². The Morgan fingerprint density at radius 2 is 2.28 bits per heavy atom. The Hall–Kier alpha value is -1.39. The highest BCUT2D eigenvalue weighted by Gasteiger charge is 2.18. The third kappa shape index (κ3) is 2.02. The van der Waals surface area contributed by atoms with Gasteiger partial charge in [-0.3, -0.25) is 9.36 Å². The first kappa shape index (κ1) is 11.7. The van der Waals surface area contributed by atoms with Gasteiger partial charge in [-0.15, -0.1) is 0 Å². The lowest BCUT2D eigenvalue weighted by Gasteiger charge is -2.13. The fraction of sp³-hybridized carbons (Fsp3) is 0.385. The summed E-state index contributed by atoms with van der Waals surface area (Å²) >= 11 is 6.12. The minimum absolute atomic E-state index is 0.0440. The Balaban J connectivity index is 2.07. The third-order valence-corrected chi connectivity index (χ3v) is 3.71. The van der Waals surface area contributed by atoms with Crippen molar-refractivity contribution in [1.29, 1.82) is 0 Å². The molecule has 1 aromatic heterocycles. The van der Waals surface area contributed by atoms with Crippen LogP contribution < -0.4 is 10.9 Å². The van der Waals surface area contributed by atoms with E-state index < -0.39 is 0 Å². The van der Waals surface area contributed by atoms with Gasteiger partial charge in [0.1, 0.15) is 0 Å². The number of rotatable bonds is 2. The smallest absolute Gasteiger partial charge is 0.262 e. The molecule has 1 saturated heterocycles. The van der Waals surface area contributed by atoms with E-state index in [0.29, 0.717) is 23.4 Å². The third-order valence-electron chi connectivity index (χ3n) is 3.42. The van der Waals surface area contributed by atoms with Crippen molar-refractivity contribution in [2.75, 3.05) is 13.1 Å². The van der Waals surface area contributed by atoms with Crippen LogP contribution in [0.3, 0.4) is 0 Å².